The molecule has 0 saturated carbocycles. The number of rotatable bonds is 54. The Hall–Kier alpha value is -1.33. The molecular formula is C62H119NO8. The van der Waals surface area contributed by atoms with Gasteiger partial charge in [0.05, 0.1) is 25.4 Å². The van der Waals surface area contributed by atoms with Crippen LogP contribution >= 0.6 is 0 Å². The number of hydrogen-bond acceptors (Lipinski definition) is 8. The van der Waals surface area contributed by atoms with E-state index in [1.807, 2.05) is 0 Å². The highest BCUT2D eigenvalue weighted by atomic mass is 16.7. The Balaban J connectivity index is 2.09. The molecule has 9 heteroatoms. The number of ether oxygens (including phenoxy) is 2. The third-order valence-electron chi connectivity index (χ3n) is 15.1. The van der Waals surface area contributed by atoms with E-state index in [-0.39, 0.29) is 12.5 Å². The van der Waals surface area contributed by atoms with Crippen molar-refractivity contribution in [3.05, 3.63) is 24.3 Å². The molecule has 0 aromatic heterocycles. The van der Waals surface area contributed by atoms with E-state index in [9.17, 15) is 30.3 Å². The molecule has 0 aromatic carbocycles. The predicted molar refractivity (Wildman–Crippen MR) is 300 cm³/mol. The molecule has 71 heavy (non-hydrogen) atoms. The van der Waals surface area contributed by atoms with Crippen LogP contribution in [-0.4, -0.2) is 87.5 Å². The Labute approximate surface area is 439 Å². The van der Waals surface area contributed by atoms with Gasteiger partial charge in [-0.05, 0) is 44.9 Å². The minimum atomic E-state index is -1.55. The topological polar surface area (TPSA) is 149 Å². The minimum absolute atomic E-state index is 0.133. The Morgan fingerprint density at radius 1 is 0.479 bits per heavy atom. The molecule has 1 aliphatic rings. The van der Waals surface area contributed by atoms with E-state index in [1.165, 1.54) is 238 Å². The van der Waals surface area contributed by atoms with Crippen LogP contribution in [0.25, 0.3) is 0 Å². The van der Waals surface area contributed by atoms with Gasteiger partial charge in [-0.3, -0.25) is 4.79 Å². The Morgan fingerprint density at radius 3 is 1.21 bits per heavy atom. The SMILES string of the molecule is CCCCCCC/C=C\C/C=C\CCCCCCCCCCCCCCCCCCCCCCCC(=O)NC(COC1OC(CO)C(O)C(O)C1O)C(O)CCCCCCCCCCCCCCCCC. The second-order valence-electron chi connectivity index (χ2n) is 21.9. The van der Waals surface area contributed by atoms with Crippen molar-refractivity contribution in [2.45, 2.75) is 352 Å². The van der Waals surface area contributed by atoms with Gasteiger partial charge in [0, 0.05) is 6.42 Å². The number of aliphatic hydroxyl groups excluding tert-OH is 5. The van der Waals surface area contributed by atoms with E-state index in [4.69, 9.17) is 9.47 Å². The first-order valence-electron chi connectivity index (χ1n) is 31.0. The zero-order valence-corrected chi connectivity index (χ0v) is 46.8. The standard InChI is InChI=1S/C62H119NO8/c1-3-5-7-9-11-13-15-17-19-20-21-22-23-24-25-26-27-28-29-30-31-32-33-34-35-36-38-40-42-44-46-48-50-52-58(66)63-55(54-70-62-61(69)60(68)59(67)57(53-64)71-62)56(65)51-49-47-45-43-41-39-37-18-16-14-12-10-8-6-4-2/h15,17,20-21,55-57,59-62,64-65,67-69H,3-14,16,18-19,22-54H2,1-2H3,(H,63,66)/b17-15-,21-20-. The van der Waals surface area contributed by atoms with Gasteiger partial charge in [0.1, 0.15) is 24.4 Å². The number of allylic oxidation sites excluding steroid dienone is 4. The van der Waals surface area contributed by atoms with Gasteiger partial charge in [0.15, 0.2) is 6.29 Å². The summed E-state index contributed by atoms with van der Waals surface area (Å²) in [4.78, 5) is 13.1. The van der Waals surface area contributed by atoms with Crippen molar-refractivity contribution in [2.75, 3.05) is 13.2 Å². The average Bonchev–Trinajstić information content (AvgIpc) is 3.37. The molecule has 1 aliphatic heterocycles. The largest absolute Gasteiger partial charge is 0.394 e. The fourth-order valence-corrected chi connectivity index (χ4v) is 10.1. The van der Waals surface area contributed by atoms with Gasteiger partial charge >= 0.3 is 0 Å². The molecule has 420 valence electrons. The van der Waals surface area contributed by atoms with E-state index in [2.05, 4.69) is 43.5 Å². The molecule has 9 nitrogen and oxygen atoms in total. The lowest BCUT2D eigenvalue weighted by Crippen LogP contribution is -2.60. The lowest BCUT2D eigenvalue weighted by Gasteiger charge is -2.40. The van der Waals surface area contributed by atoms with Crippen LogP contribution in [0, 0.1) is 0 Å². The van der Waals surface area contributed by atoms with Gasteiger partial charge in [0.2, 0.25) is 5.91 Å². The highest BCUT2D eigenvalue weighted by Gasteiger charge is 2.44. The first kappa shape index (κ1) is 67.7. The summed E-state index contributed by atoms with van der Waals surface area (Å²) in [5.74, 6) is -0.138. The zero-order valence-electron chi connectivity index (χ0n) is 46.8. The highest BCUT2D eigenvalue weighted by molar-refractivity contribution is 5.76. The van der Waals surface area contributed by atoms with Crippen LogP contribution < -0.4 is 5.32 Å². The van der Waals surface area contributed by atoms with Gasteiger partial charge in [-0.25, -0.2) is 0 Å². The van der Waals surface area contributed by atoms with E-state index in [0.29, 0.717) is 12.8 Å². The first-order chi connectivity index (χ1) is 34.8. The van der Waals surface area contributed by atoms with Crippen LogP contribution in [0.15, 0.2) is 24.3 Å². The lowest BCUT2D eigenvalue weighted by atomic mass is 9.99. The minimum Gasteiger partial charge on any atom is -0.394 e. The van der Waals surface area contributed by atoms with Crippen molar-refractivity contribution in [3.8, 4) is 0 Å². The molecule has 0 aromatic rings. The van der Waals surface area contributed by atoms with Crippen molar-refractivity contribution in [1.29, 1.82) is 0 Å². The fraction of sp³-hybridized carbons (Fsp3) is 0.919. The number of hydrogen-bond donors (Lipinski definition) is 6. The summed E-state index contributed by atoms with van der Waals surface area (Å²) in [6.07, 6.45) is 59.4. The van der Waals surface area contributed by atoms with Crippen molar-refractivity contribution in [3.63, 3.8) is 0 Å². The molecule has 0 bridgehead atoms. The van der Waals surface area contributed by atoms with Gasteiger partial charge < -0.3 is 40.3 Å². The number of carbonyl (C=O) groups excluding carboxylic acids is 1. The molecule has 1 rings (SSSR count). The Bertz CT molecular complexity index is 1170. The summed E-state index contributed by atoms with van der Waals surface area (Å²) in [5.41, 5.74) is 0. The van der Waals surface area contributed by atoms with E-state index in [1.54, 1.807) is 0 Å². The summed E-state index contributed by atoms with van der Waals surface area (Å²) in [6.45, 7) is 3.86. The van der Waals surface area contributed by atoms with Crippen molar-refractivity contribution in [2.24, 2.45) is 0 Å². The molecule has 0 aliphatic carbocycles. The molecule has 1 heterocycles. The second kappa shape index (κ2) is 52.1. The molecule has 1 fully saturated rings. The van der Waals surface area contributed by atoms with Gasteiger partial charge in [-0.2, -0.15) is 0 Å². The van der Waals surface area contributed by atoms with E-state index >= 15 is 0 Å². The van der Waals surface area contributed by atoms with Crippen LogP contribution in [0.5, 0.6) is 0 Å². The number of carbonyl (C=O) groups is 1. The summed E-state index contributed by atoms with van der Waals surface area (Å²) in [5, 5.41) is 54.7. The van der Waals surface area contributed by atoms with E-state index in [0.717, 1.165) is 44.9 Å². The Kier molecular flexibility index (Phi) is 49.7. The summed E-state index contributed by atoms with van der Waals surface area (Å²) >= 11 is 0. The fourth-order valence-electron chi connectivity index (χ4n) is 10.1. The molecular weight excluding hydrogens is 887 g/mol. The molecule has 0 radical (unpaired) electrons. The van der Waals surface area contributed by atoms with E-state index < -0.39 is 49.5 Å². The number of nitrogens with one attached hydrogen (secondary N) is 1. The molecule has 7 unspecified atom stereocenters. The maximum atomic E-state index is 13.1. The lowest BCUT2D eigenvalue weighted by molar-refractivity contribution is -0.302. The quantitative estimate of drug-likeness (QED) is 0.0261. The van der Waals surface area contributed by atoms with Gasteiger partial charge in [-0.15, -0.1) is 0 Å². The molecule has 7 atom stereocenters. The molecule has 6 N–H and O–H groups in total. The third kappa shape index (κ3) is 41.6. The maximum absolute atomic E-state index is 13.1. The maximum Gasteiger partial charge on any atom is 0.220 e. The molecule has 1 saturated heterocycles. The molecule has 0 spiro atoms. The number of aliphatic hydroxyl groups is 5. The van der Waals surface area contributed by atoms with Gasteiger partial charge in [0.25, 0.3) is 0 Å². The summed E-state index contributed by atoms with van der Waals surface area (Å²) in [6, 6.07) is -0.716. The van der Waals surface area contributed by atoms with Crippen molar-refractivity contribution >= 4 is 5.91 Å². The monoisotopic (exact) mass is 1010 g/mol. The van der Waals surface area contributed by atoms with Crippen molar-refractivity contribution in [1.82, 2.24) is 5.32 Å². The zero-order chi connectivity index (χ0) is 51.5. The van der Waals surface area contributed by atoms with Crippen LogP contribution in [-0.2, 0) is 14.3 Å². The van der Waals surface area contributed by atoms with Crippen LogP contribution in [0.4, 0.5) is 0 Å². The van der Waals surface area contributed by atoms with Crippen LogP contribution in [0.3, 0.4) is 0 Å². The normalized spacial score (nSPS) is 19.3. The van der Waals surface area contributed by atoms with Gasteiger partial charge in [-0.1, -0.05) is 282 Å². The third-order valence-corrected chi connectivity index (χ3v) is 15.1. The number of unbranched alkanes of at least 4 members (excludes halogenated alkanes) is 40. The first-order valence-corrected chi connectivity index (χ1v) is 31.0. The smallest absolute Gasteiger partial charge is 0.220 e. The second-order valence-corrected chi connectivity index (χ2v) is 21.9. The Morgan fingerprint density at radius 2 is 0.831 bits per heavy atom. The highest BCUT2D eigenvalue weighted by Crippen LogP contribution is 2.23. The summed E-state index contributed by atoms with van der Waals surface area (Å²) in [7, 11) is 0. The predicted octanol–water partition coefficient (Wildman–Crippen LogP) is 15.7. The van der Waals surface area contributed by atoms with Crippen LogP contribution in [0.2, 0.25) is 0 Å². The van der Waals surface area contributed by atoms with Crippen molar-refractivity contribution < 1.29 is 39.8 Å². The number of amides is 1. The summed E-state index contributed by atoms with van der Waals surface area (Å²) < 4.78 is 11.3. The average molecular weight is 1010 g/mol. The van der Waals surface area contributed by atoms with Crippen LogP contribution in [0.1, 0.15) is 309 Å². The molecule has 1 amide bonds.